The van der Waals surface area contributed by atoms with Crippen molar-refractivity contribution in [3.8, 4) is 0 Å². The Hall–Kier alpha value is -0.700. The van der Waals surface area contributed by atoms with E-state index in [9.17, 15) is 9.18 Å². The largest absolute Gasteiger partial charge is 0.294 e. The minimum atomic E-state index is -0.273. The minimum absolute atomic E-state index is 0.0465. The first-order valence-electron chi connectivity index (χ1n) is 3.69. The van der Waals surface area contributed by atoms with Crippen molar-refractivity contribution in [3.05, 3.63) is 33.5 Å². The molecule has 0 aromatic heterocycles. The fourth-order valence-electron chi connectivity index (χ4n) is 1.48. The topological polar surface area (TPSA) is 17.1 Å². The molecule has 3 heteroatoms. The van der Waals surface area contributed by atoms with Gasteiger partial charge in [0.2, 0.25) is 0 Å². The van der Waals surface area contributed by atoms with Gasteiger partial charge in [0, 0.05) is 16.5 Å². The highest BCUT2D eigenvalue weighted by molar-refractivity contribution is 9.10. The van der Waals surface area contributed by atoms with E-state index >= 15 is 0 Å². The van der Waals surface area contributed by atoms with Crippen molar-refractivity contribution >= 4 is 21.7 Å². The Morgan fingerprint density at radius 1 is 1.33 bits per heavy atom. The van der Waals surface area contributed by atoms with Crippen LogP contribution in [0.3, 0.4) is 0 Å². The molecule has 0 unspecified atom stereocenters. The summed E-state index contributed by atoms with van der Waals surface area (Å²) >= 11 is 3.15. The number of benzene rings is 1. The SMILES string of the molecule is O=C1CCc2c(F)cc(Br)cc21. The van der Waals surface area contributed by atoms with Gasteiger partial charge in [-0.15, -0.1) is 0 Å². The Balaban J connectivity index is 2.68. The summed E-state index contributed by atoms with van der Waals surface area (Å²) in [5, 5.41) is 0. The zero-order valence-electron chi connectivity index (χ0n) is 6.23. The lowest BCUT2D eigenvalue weighted by Crippen LogP contribution is -1.92. The van der Waals surface area contributed by atoms with Gasteiger partial charge in [-0.25, -0.2) is 4.39 Å². The first-order chi connectivity index (χ1) is 5.68. The van der Waals surface area contributed by atoms with Crippen LogP contribution in [-0.4, -0.2) is 5.78 Å². The smallest absolute Gasteiger partial charge is 0.163 e. The van der Waals surface area contributed by atoms with Gasteiger partial charge in [0.25, 0.3) is 0 Å². The molecule has 1 aromatic carbocycles. The summed E-state index contributed by atoms with van der Waals surface area (Å²) in [5.74, 6) is -0.226. The van der Waals surface area contributed by atoms with Gasteiger partial charge in [-0.05, 0) is 24.1 Å². The van der Waals surface area contributed by atoms with Gasteiger partial charge >= 0.3 is 0 Å². The van der Waals surface area contributed by atoms with Crippen LogP contribution in [0.15, 0.2) is 16.6 Å². The molecule has 0 aliphatic heterocycles. The molecule has 0 bridgehead atoms. The van der Waals surface area contributed by atoms with Crippen molar-refractivity contribution in [2.45, 2.75) is 12.8 Å². The van der Waals surface area contributed by atoms with Gasteiger partial charge in [0.15, 0.2) is 5.78 Å². The van der Waals surface area contributed by atoms with Crippen LogP contribution in [0, 0.1) is 5.82 Å². The summed E-state index contributed by atoms with van der Waals surface area (Å²) in [6.45, 7) is 0. The predicted octanol–water partition coefficient (Wildman–Crippen LogP) is 2.72. The second-order valence-corrected chi connectivity index (χ2v) is 3.75. The van der Waals surface area contributed by atoms with Crippen LogP contribution in [0.25, 0.3) is 0 Å². The first kappa shape index (κ1) is 7.92. The minimum Gasteiger partial charge on any atom is -0.294 e. The third-order valence-corrected chi connectivity index (χ3v) is 2.52. The van der Waals surface area contributed by atoms with Crippen LogP contribution in [0.4, 0.5) is 4.39 Å². The summed E-state index contributed by atoms with van der Waals surface area (Å²) in [7, 11) is 0. The van der Waals surface area contributed by atoms with Crippen LogP contribution in [0.5, 0.6) is 0 Å². The molecule has 0 heterocycles. The van der Waals surface area contributed by atoms with Gasteiger partial charge < -0.3 is 0 Å². The van der Waals surface area contributed by atoms with Crippen LogP contribution in [0.1, 0.15) is 22.3 Å². The molecule has 2 rings (SSSR count). The molecule has 1 aliphatic rings. The monoisotopic (exact) mass is 228 g/mol. The quantitative estimate of drug-likeness (QED) is 0.668. The molecule has 1 aromatic rings. The number of fused-ring (bicyclic) bond motifs is 1. The number of halogens is 2. The Labute approximate surface area is 77.7 Å². The fourth-order valence-corrected chi connectivity index (χ4v) is 1.91. The van der Waals surface area contributed by atoms with E-state index in [-0.39, 0.29) is 11.6 Å². The molecule has 1 aliphatic carbocycles. The Morgan fingerprint density at radius 2 is 2.08 bits per heavy atom. The highest BCUT2D eigenvalue weighted by atomic mass is 79.9. The maximum Gasteiger partial charge on any atom is 0.163 e. The van der Waals surface area contributed by atoms with Crippen LogP contribution in [0.2, 0.25) is 0 Å². The molecule has 0 saturated carbocycles. The number of carbonyl (C=O) groups is 1. The zero-order valence-corrected chi connectivity index (χ0v) is 7.82. The van der Waals surface area contributed by atoms with Gasteiger partial charge in [-0.2, -0.15) is 0 Å². The van der Waals surface area contributed by atoms with Gasteiger partial charge in [-0.3, -0.25) is 4.79 Å². The average molecular weight is 229 g/mol. The van der Waals surface area contributed by atoms with Gasteiger partial charge in [-0.1, -0.05) is 15.9 Å². The molecule has 1 nitrogen and oxygen atoms in total. The van der Waals surface area contributed by atoms with Crippen molar-refractivity contribution in [1.29, 1.82) is 0 Å². The molecule has 0 fully saturated rings. The molecule has 0 N–H and O–H groups in total. The van der Waals surface area contributed by atoms with Crippen molar-refractivity contribution in [2.24, 2.45) is 0 Å². The van der Waals surface area contributed by atoms with E-state index in [0.717, 1.165) is 0 Å². The van der Waals surface area contributed by atoms with Crippen molar-refractivity contribution in [1.82, 2.24) is 0 Å². The number of carbonyl (C=O) groups excluding carboxylic acids is 1. The van der Waals surface area contributed by atoms with E-state index in [2.05, 4.69) is 15.9 Å². The van der Waals surface area contributed by atoms with E-state index in [1.165, 1.54) is 6.07 Å². The first-order valence-corrected chi connectivity index (χ1v) is 4.49. The molecule has 0 spiro atoms. The van der Waals surface area contributed by atoms with Crippen LogP contribution < -0.4 is 0 Å². The molecule has 0 radical (unpaired) electrons. The van der Waals surface area contributed by atoms with E-state index in [1.807, 2.05) is 0 Å². The van der Waals surface area contributed by atoms with Gasteiger partial charge in [0.1, 0.15) is 5.82 Å². The number of hydrogen-bond donors (Lipinski definition) is 0. The molecular weight excluding hydrogens is 223 g/mol. The molecule has 0 atom stereocenters. The number of Topliss-reactive ketones (excluding diaryl/α,β-unsaturated/α-hetero) is 1. The second-order valence-electron chi connectivity index (χ2n) is 2.84. The standard InChI is InChI=1S/C9H6BrFO/c10-5-3-7-6(8(11)4-5)1-2-9(7)12/h3-4H,1-2H2. The van der Waals surface area contributed by atoms with Crippen LogP contribution in [-0.2, 0) is 6.42 Å². The Bertz CT molecular complexity index is 360. The van der Waals surface area contributed by atoms with E-state index in [4.69, 9.17) is 0 Å². The van der Waals surface area contributed by atoms with Crippen molar-refractivity contribution in [3.63, 3.8) is 0 Å². The number of rotatable bonds is 0. The maximum atomic E-state index is 13.1. The molecular formula is C9H6BrFO. The lowest BCUT2D eigenvalue weighted by molar-refractivity contribution is 0.0994. The average Bonchev–Trinajstić information content (AvgIpc) is 2.33. The Morgan fingerprint density at radius 3 is 2.83 bits per heavy atom. The maximum absolute atomic E-state index is 13.1. The second kappa shape index (κ2) is 2.66. The summed E-state index contributed by atoms with van der Waals surface area (Å²) in [4.78, 5) is 11.2. The summed E-state index contributed by atoms with van der Waals surface area (Å²) < 4.78 is 13.8. The molecule has 0 amide bonds. The highest BCUT2D eigenvalue weighted by Crippen LogP contribution is 2.27. The lowest BCUT2D eigenvalue weighted by atomic mass is 10.1. The van der Waals surface area contributed by atoms with E-state index in [0.29, 0.717) is 28.4 Å². The summed E-state index contributed by atoms with van der Waals surface area (Å²) in [6, 6.07) is 3.09. The van der Waals surface area contributed by atoms with E-state index < -0.39 is 0 Å². The zero-order chi connectivity index (χ0) is 8.72. The number of hydrogen-bond acceptors (Lipinski definition) is 1. The van der Waals surface area contributed by atoms with E-state index in [1.54, 1.807) is 6.07 Å². The fraction of sp³-hybridized carbons (Fsp3) is 0.222. The summed E-state index contributed by atoms with van der Waals surface area (Å²) in [6.07, 6.45) is 0.996. The third kappa shape index (κ3) is 1.08. The van der Waals surface area contributed by atoms with Crippen molar-refractivity contribution < 1.29 is 9.18 Å². The predicted molar refractivity (Wildman–Crippen MR) is 46.8 cm³/mol. The van der Waals surface area contributed by atoms with Crippen LogP contribution >= 0.6 is 15.9 Å². The normalized spacial score (nSPS) is 15.0. The summed E-state index contributed by atoms with van der Waals surface area (Å²) in [5.41, 5.74) is 1.12. The molecule has 0 saturated heterocycles. The number of ketones is 1. The Kier molecular flexibility index (Phi) is 1.76. The molecule has 62 valence electrons. The lowest BCUT2D eigenvalue weighted by Gasteiger charge is -1.99. The molecule has 12 heavy (non-hydrogen) atoms. The van der Waals surface area contributed by atoms with Crippen molar-refractivity contribution in [2.75, 3.05) is 0 Å². The highest BCUT2D eigenvalue weighted by Gasteiger charge is 2.22. The third-order valence-electron chi connectivity index (χ3n) is 2.06. The van der Waals surface area contributed by atoms with Gasteiger partial charge in [0.05, 0.1) is 0 Å².